The fourth-order valence-corrected chi connectivity index (χ4v) is 4.03. The Hall–Kier alpha value is -2.12. The summed E-state index contributed by atoms with van der Waals surface area (Å²) in [7, 11) is 2.02. The zero-order chi connectivity index (χ0) is 18.1. The van der Waals surface area contributed by atoms with Gasteiger partial charge in [-0.3, -0.25) is 9.69 Å². The van der Waals surface area contributed by atoms with E-state index in [4.69, 9.17) is 9.15 Å². The van der Waals surface area contributed by atoms with Crippen LogP contribution in [0.5, 0.6) is 0 Å². The van der Waals surface area contributed by atoms with E-state index in [-0.39, 0.29) is 11.3 Å². The lowest BCUT2D eigenvalue weighted by Crippen LogP contribution is -2.43. The van der Waals surface area contributed by atoms with Crippen molar-refractivity contribution in [3.05, 3.63) is 41.9 Å². The highest BCUT2D eigenvalue weighted by atomic mass is 16.5. The predicted octanol–water partition coefficient (Wildman–Crippen LogP) is 1.69. The number of aromatic nitrogens is 2. The van der Waals surface area contributed by atoms with E-state index in [0.717, 1.165) is 37.6 Å². The average molecular weight is 358 g/mol. The van der Waals surface area contributed by atoms with Crippen LogP contribution in [0.15, 0.2) is 28.9 Å². The van der Waals surface area contributed by atoms with Gasteiger partial charge in [0.15, 0.2) is 5.76 Å². The van der Waals surface area contributed by atoms with Crippen LogP contribution in [0.25, 0.3) is 0 Å². The first-order chi connectivity index (χ1) is 12.5. The first kappa shape index (κ1) is 17.3. The number of amides is 1. The lowest BCUT2D eigenvalue weighted by atomic mass is 9.87. The van der Waals surface area contributed by atoms with Crippen LogP contribution in [0.2, 0.25) is 0 Å². The number of carbonyl (C=O) groups excluding carboxylic acids is 1. The van der Waals surface area contributed by atoms with Crippen molar-refractivity contribution in [3.63, 3.8) is 0 Å². The molecule has 1 amide bonds. The van der Waals surface area contributed by atoms with Gasteiger partial charge in [0.25, 0.3) is 5.91 Å². The van der Waals surface area contributed by atoms with Gasteiger partial charge in [0, 0.05) is 44.5 Å². The summed E-state index contributed by atoms with van der Waals surface area (Å²) in [6.45, 7) is 7.20. The molecule has 0 bridgehead atoms. The second kappa shape index (κ2) is 6.89. The molecule has 4 rings (SSSR count). The van der Waals surface area contributed by atoms with E-state index in [1.165, 1.54) is 0 Å². The van der Waals surface area contributed by atoms with Crippen LogP contribution < -0.4 is 0 Å². The van der Waals surface area contributed by atoms with Crippen molar-refractivity contribution >= 4 is 5.91 Å². The third kappa shape index (κ3) is 3.41. The Morgan fingerprint density at radius 1 is 1.31 bits per heavy atom. The van der Waals surface area contributed by atoms with E-state index >= 15 is 0 Å². The highest BCUT2D eigenvalue weighted by Crippen LogP contribution is 2.34. The molecule has 2 aromatic heterocycles. The van der Waals surface area contributed by atoms with Crippen LogP contribution in [0.4, 0.5) is 0 Å². The zero-order valence-corrected chi connectivity index (χ0v) is 15.5. The summed E-state index contributed by atoms with van der Waals surface area (Å²) in [5.74, 6) is 2.21. The Labute approximate surface area is 153 Å². The molecule has 26 heavy (non-hydrogen) atoms. The fraction of sp³-hybridized carbons (Fsp3) is 0.579. The maximum atomic E-state index is 12.8. The van der Waals surface area contributed by atoms with Gasteiger partial charge in [-0.15, -0.1) is 0 Å². The average Bonchev–Trinajstić information content (AvgIpc) is 3.28. The van der Waals surface area contributed by atoms with Crippen LogP contribution in [-0.4, -0.2) is 64.7 Å². The molecule has 7 nitrogen and oxygen atoms in total. The molecule has 0 N–H and O–H groups in total. The topological polar surface area (TPSA) is 63.7 Å². The largest absolute Gasteiger partial charge is 0.456 e. The fourth-order valence-electron chi connectivity index (χ4n) is 4.03. The molecule has 2 aromatic rings. The van der Waals surface area contributed by atoms with Crippen LogP contribution >= 0.6 is 0 Å². The molecule has 2 aliphatic rings. The van der Waals surface area contributed by atoms with Gasteiger partial charge in [0.05, 0.1) is 19.8 Å². The molecule has 7 heteroatoms. The molecular formula is C19H26N4O3. The second-order valence-corrected chi connectivity index (χ2v) is 7.60. The summed E-state index contributed by atoms with van der Waals surface area (Å²) in [5, 5.41) is 0. The molecular weight excluding hydrogens is 332 g/mol. The number of rotatable bonds is 3. The minimum absolute atomic E-state index is 0.0149. The minimum atomic E-state index is -0.0365. The zero-order valence-electron chi connectivity index (χ0n) is 15.5. The Balaban J connectivity index is 1.45. The predicted molar refractivity (Wildman–Crippen MR) is 95.7 cm³/mol. The molecule has 1 spiro atoms. The first-order valence-corrected chi connectivity index (χ1v) is 9.17. The van der Waals surface area contributed by atoms with Gasteiger partial charge in [-0.2, -0.15) is 0 Å². The first-order valence-electron chi connectivity index (χ1n) is 9.17. The summed E-state index contributed by atoms with van der Waals surface area (Å²) in [6, 6.07) is 3.60. The Bertz CT molecular complexity index is 783. The molecule has 0 radical (unpaired) electrons. The molecule has 140 valence electrons. The second-order valence-electron chi connectivity index (χ2n) is 7.60. The summed E-state index contributed by atoms with van der Waals surface area (Å²) in [4.78, 5) is 21.6. The van der Waals surface area contributed by atoms with Gasteiger partial charge in [-0.05, 0) is 32.0 Å². The van der Waals surface area contributed by atoms with Gasteiger partial charge in [-0.25, -0.2) is 4.98 Å². The Morgan fingerprint density at radius 2 is 2.19 bits per heavy atom. The molecule has 0 saturated carbocycles. The van der Waals surface area contributed by atoms with Crippen molar-refractivity contribution in [2.45, 2.75) is 19.9 Å². The SMILES string of the molecule is Cc1ccc(C(=O)N2CCOCC3(CCN(Cc4nccn4C)C3)C2)o1. The van der Waals surface area contributed by atoms with Crippen molar-refractivity contribution < 1.29 is 13.9 Å². The normalized spacial score (nSPS) is 24.3. The molecule has 2 aliphatic heterocycles. The minimum Gasteiger partial charge on any atom is -0.456 e. The van der Waals surface area contributed by atoms with Gasteiger partial charge in [0.2, 0.25) is 0 Å². The lowest BCUT2D eigenvalue weighted by molar-refractivity contribution is 0.0622. The number of hydrogen-bond donors (Lipinski definition) is 0. The maximum absolute atomic E-state index is 12.8. The van der Waals surface area contributed by atoms with E-state index in [9.17, 15) is 4.79 Å². The summed E-state index contributed by atoms with van der Waals surface area (Å²) >= 11 is 0. The highest BCUT2D eigenvalue weighted by molar-refractivity contribution is 5.91. The van der Waals surface area contributed by atoms with Crippen molar-refractivity contribution in [1.82, 2.24) is 19.4 Å². The van der Waals surface area contributed by atoms with Gasteiger partial charge in [0.1, 0.15) is 11.6 Å². The van der Waals surface area contributed by atoms with Crippen molar-refractivity contribution in [2.75, 3.05) is 39.4 Å². The molecule has 1 atom stereocenters. The molecule has 1 unspecified atom stereocenters. The standard InChI is InChI=1S/C19H26N4O3/c1-15-3-4-16(26-15)18(24)23-9-10-25-14-19(13-23)5-7-22(12-19)11-17-20-6-8-21(17)2/h3-4,6,8H,5,7,9-14H2,1-2H3. The molecule has 4 heterocycles. The van der Waals surface area contributed by atoms with E-state index in [0.29, 0.717) is 32.1 Å². The molecule has 0 aromatic carbocycles. The molecule has 2 saturated heterocycles. The number of aryl methyl sites for hydroxylation is 2. The van der Waals surface area contributed by atoms with Gasteiger partial charge in [-0.1, -0.05) is 0 Å². The molecule has 0 aliphatic carbocycles. The van der Waals surface area contributed by atoms with E-state index in [1.807, 2.05) is 37.3 Å². The van der Waals surface area contributed by atoms with Crippen LogP contribution in [0, 0.1) is 12.3 Å². The van der Waals surface area contributed by atoms with Crippen molar-refractivity contribution in [3.8, 4) is 0 Å². The summed E-state index contributed by atoms with van der Waals surface area (Å²) in [5.41, 5.74) is -0.0149. The quantitative estimate of drug-likeness (QED) is 0.835. The van der Waals surface area contributed by atoms with Crippen LogP contribution in [0.3, 0.4) is 0 Å². The van der Waals surface area contributed by atoms with E-state index in [1.54, 1.807) is 6.07 Å². The Morgan fingerprint density at radius 3 is 2.92 bits per heavy atom. The van der Waals surface area contributed by atoms with Crippen molar-refractivity contribution in [2.24, 2.45) is 12.5 Å². The number of furan rings is 1. The van der Waals surface area contributed by atoms with Gasteiger partial charge < -0.3 is 18.6 Å². The van der Waals surface area contributed by atoms with Crippen LogP contribution in [0.1, 0.15) is 28.6 Å². The highest BCUT2D eigenvalue weighted by Gasteiger charge is 2.42. The monoisotopic (exact) mass is 358 g/mol. The van der Waals surface area contributed by atoms with Crippen LogP contribution in [-0.2, 0) is 18.3 Å². The number of imidazole rings is 1. The smallest absolute Gasteiger partial charge is 0.289 e. The molecule has 2 fully saturated rings. The van der Waals surface area contributed by atoms with E-state index in [2.05, 4.69) is 14.5 Å². The third-order valence-electron chi connectivity index (χ3n) is 5.48. The van der Waals surface area contributed by atoms with Gasteiger partial charge >= 0.3 is 0 Å². The third-order valence-corrected chi connectivity index (χ3v) is 5.48. The number of ether oxygens (including phenoxy) is 1. The number of carbonyl (C=O) groups is 1. The number of nitrogens with zero attached hydrogens (tertiary/aromatic N) is 4. The van der Waals surface area contributed by atoms with E-state index < -0.39 is 0 Å². The summed E-state index contributed by atoms with van der Waals surface area (Å²) in [6.07, 6.45) is 4.84. The lowest BCUT2D eigenvalue weighted by Gasteiger charge is -2.31. The van der Waals surface area contributed by atoms with Crippen molar-refractivity contribution in [1.29, 1.82) is 0 Å². The number of likely N-dealkylation sites (tertiary alicyclic amines) is 1. The Kier molecular flexibility index (Phi) is 4.58. The number of hydrogen-bond acceptors (Lipinski definition) is 5. The maximum Gasteiger partial charge on any atom is 0.289 e. The summed E-state index contributed by atoms with van der Waals surface area (Å²) < 4.78 is 13.5.